The Morgan fingerprint density at radius 2 is 1.94 bits per heavy atom. The van der Waals surface area contributed by atoms with Gasteiger partial charge in [-0.15, -0.1) is 0 Å². The molecule has 4 heteroatoms. The number of hydrogen-bond donors (Lipinski definition) is 1. The van der Waals surface area contributed by atoms with Crippen LogP contribution in [-0.4, -0.2) is 21.1 Å². The summed E-state index contributed by atoms with van der Waals surface area (Å²) >= 11 is 0. The van der Waals surface area contributed by atoms with E-state index in [1.807, 2.05) is 27.1 Å². The highest BCUT2D eigenvalue weighted by molar-refractivity contribution is 5.85. The predicted octanol–water partition coefficient (Wildman–Crippen LogP) is 2.49. The quantitative estimate of drug-likeness (QED) is 0.804. The van der Waals surface area contributed by atoms with Crippen molar-refractivity contribution < 1.29 is 5.11 Å². The lowest BCUT2D eigenvalue weighted by atomic mass is 10.0. The molecule has 4 nitrogen and oxygen atoms in total. The van der Waals surface area contributed by atoms with Crippen molar-refractivity contribution in [1.29, 1.82) is 0 Å². The Morgan fingerprint density at radius 1 is 1.29 bits per heavy atom. The molecule has 0 fully saturated rings. The van der Waals surface area contributed by atoms with Gasteiger partial charge >= 0.3 is 0 Å². The van der Waals surface area contributed by atoms with Crippen LogP contribution >= 0.6 is 0 Å². The zero-order valence-corrected chi connectivity index (χ0v) is 10.2. The summed E-state index contributed by atoms with van der Waals surface area (Å²) < 4.78 is 1.71. The molecular weight excluding hydrogens is 214 g/mol. The van der Waals surface area contributed by atoms with E-state index in [1.54, 1.807) is 29.2 Å². The number of hydrogen-bond acceptors (Lipinski definition) is 3. The summed E-state index contributed by atoms with van der Waals surface area (Å²) in [5.41, 5.74) is 3.87. The molecule has 0 aliphatic heterocycles. The summed E-state index contributed by atoms with van der Waals surface area (Å²) in [7, 11) is 1.86. The summed E-state index contributed by atoms with van der Waals surface area (Å²) in [6.45, 7) is 3.91. The molecule has 0 amide bonds. The molecule has 0 bridgehead atoms. The van der Waals surface area contributed by atoms with Gasteiger partial charge in [0.05, 0.1) is 12.4 Å². The number of phenolic OH excluding ortho intramolecular Hbond substituents is 1. The molecular formula is C13H15N3O. The average Bonchev–Trinajstić information content (AvgIpc) is 2.62. The first-order valence-corrected chi connectivity index (χ1v) is 5.39. The number of phenols is 1. The molecule has 0 aliphatic rings. The van der Waals surface area contributed by atoms with Gasteiger partial charge in [0.2, 0.25) is 0 Å². The second kappa shape index (κ2) is 4.41. The summed E-state index contributed by atoms with van der Waals surface area (Å²) in [5, 5.41) is 13.5. The van der Waals surface area contributed by atoms with E-state index in [1.165, 1.54) is 0 Å². The maximum Gasteiger partial charge on any atom is 0.116 e. The second-order valence-electron chi connectivity index (χ2n) is 4.12. The van der Waals surface area contributed by atoms with Crippen molar-refractivity contribution in [3.8, 4) is 5.75 Å². The van der Waals surface area contributed by atoms with Gasteiger partial charge in [-0.1, -0.05) is 0 Å². The maximum absolute atomic E-state index is 9.45. The van der Waals surface area contributed by atoms with Gasteiger partial charge < -0.3 is 5.11 Å². The van der Waals surface area contributed by atoms with Crippen molar-refractivity contribution in [2.75, 3.05) is 0 Å². The van der Waals surface area contributed by atoms with E-state index in [9.17, 15) is 5.11 Å². The Balaban J connectivity index is 2.33. The van der Waals surface area contributed by atoms with Crippen LogP contribution < -0.4 is 0 Å². The minimum atomic E-state index is 0.290. The molecule has 17 heavy (non-hydrogen) atoms. The molecule has 1 aromatic carbocycles. The molecule has 0 saturated heterocycles. The van der Waals surface area contributed by atoms with Crippen LogP contribution in [-0.2, 0) is 7.05 Å². The summed E-state index contributed by atoms with van der Waals surface area (Å²) in [6.07, 6.45) is 5.37. The van der Waals surface area contributed by atoms with Gasteiger partial charge in [-0.05, 0) is 42.7 Å². The lowest BCUT2D eigenvalue weighted by Crippen LogP contribution is -1.91. The van der Waals surface area contributed by atoms with Crippen molar-refractivity contribution >= 4 is 11.9 Å². The van der Waals surface area contributed by atoms with E-state index < -0.39 is 0 Å². The molecule has 0 atom stereocenters. The van der Waals surface area contributed by atoms with Crippen molar-refractivity contribution in [3.63, 3.8) is 0 Å². The number of aromatic nitrogens is 2. The van der Waals surface area contributed by atoms with E-state index >= 15 is 0 Å². The number of rotatable bonds is 2. The minimum Gasteiger partial charge on any atom is -0.508 e. The van der Waals surface area contributed by atoms with Crippen LogP contribution in [0.15, 0.2) is 29.5 Å². The Hall–Kier alpha value is -2.10. The van der Waals surface area contributed by atoms with Gasteiger partial charge in [0, 0.05) is 13.3 Å². The van der Waals surface area contributed by atoms with Gasteiger partial charge in [-0.3, -0.25) is 9.67 Å². The molecule has 0 aliphatic carbocycles. The van der Waals surface area contributed by atoms with Crippen LogP contribution in [0.25, 0.3) is 0 Å². The zero-order chi connectivity index (χ0) is 12.4. The first-order chi connectivity index (χ1) is 8.06. The number of aliphatic imine (C=N–C) groups is 1. The smallest absolute Gasteiger partial charge is 0.116 e. The van der Waals surface area contributed by atoms with Crippen LogP contribution in [0.1, 0.15) is 16.7 Å². The standard InChI is InChI=1S/C13H15N3O/c1-9-4-12(17)5-10(2)13(9)7-14-11-6-15-16(3)8-11/h4-8,17H,1-3H3. The molecule has 1 heterocycles. The highest BCUT2D eigenvalue weighted by atomic mass is 16.3. The topological polar surface area (TPSA) is 50.4 Å². The summed E-state index contributed by atoms with van der Waals surface area (Å²) in [6, 6.07) is 3.47. The van der Waals surface area contributed by atoms with E-state index in [4.69, 9.17) is 0 Å². The fraction of sp³-hybridized carbons (Fsp3) is 0.231. The summed E-state index contributed by atoms with van der Waals surface area (Å²) in [5.74, 6) is 0.290. The Labute approximate surface area is 100 Å². The number of aryl methyl sites for hydroxylation is 3. The third kappa shape index (κ3) is 2.53. The molecule has 1 aromatic heterocycles. The molecule has 0 unspecified atom stereocenters. The van der Waals surface area contributed by atoms with Crippen LogP contribution in [0.5, 0.6) is 5.75 Å². The zero-order valence-electron chi connectivity index (χ0n) is 10.2. The maximum atomic E-state index is 9.45. The number of aromatic hydroxyl groups is 1. The minimum absolute atomic E-state index is 0.290. The highest BCUT2D eigenvalue weighted by Gasteiger charge is 2.02. The van der Waals surface area contributed by atoms with E-state index in [-0.39, 0.29) is 0 Å². The second-order valence-corrected chi connectivity index (χ2v) is 4.12. The largest absolute Gasteiger partial charge is 0.508 e. The van der Waals surface area contributed by atoms with E-state index in [0.29, 0.717) is 5.75 Å². The molecule has 1 N–H and O–H groups in total. The van der Waals surface area contributed by atoms with Gasteiger partial charge in [0.1, 0.15) is 11.4 Å². The Kier molecular flexibility index (Phi) is 2.95. The fourth-order valence-electron chi connectivity index (χ4n) is 1.77. The van der Waals surface area contributed by atoms with Gasteiger partial charge in [-0.25, -0.2) is 0 Å². The van der Waals surface area contributed by atoms with Crippen LogP contribution in [0, 0.1) is 13.8 Å². The van der Waals surface area contributed by atoms with Crippen molar-refractivity contribution in [2.45, 2.75) is 13.8 Å². The number of nitrogens with zero attached hydrogens (tertiary/aromatic N) is 3. The molecule has 0 radical (unpaired) electrons. The van der Waals surface area contributed by atoms with Crippen LogP contribution in [0.4, 0.5) is 5.69 Å². The third-order valence-corrected chi connectivity index (χ3v) is 2.61. The average molecular weight is 229 g/mol. The summed E-state index contributed by atoms with van der Waals surface area (Å²) in [4.78, 5) is 4.36. The van der Waals surface area contributed by atoms with E-state index in [0.717, 1.165) is 22.4 Å². The lowest BCUT2D eigenvalue weighted by molar-refractivity contribution is 0.474. The lowest BCUT2D eigenvalue weighted by Gasteiger charge is -2.05. The van der Waals surface area contributed by atoms with E-state index in [2.05, 4.69) is 10.1 Å². The van der Waals surface area contributed by atoms with Crippen molar-refractivity contribution in [3.05, 3.63) is 41.2 Å². The molecule has 0 saturated carbocycles. The van der Waals surface area contributed by atoms with Crippen molar-refractivity contribution in [2.24, 2.45) is 12.0 Å². The SMILES string of the molecule is Cc1cc(O)cc(C)c1C=Nc1cnn(C)c1. The van der Waals surface area contributed by atoms with Gasteiger partial charge in [-0.2, -0.15) is 5.10 Å². The first-order valence-electron chi connectivity index (χ1n) is 5.39. The Morgan fingerprint density at radius 3 is 2.47 bits per heavy atom. The molecule has 0 spiro atoms. The molecule has 88 valence electrons. The number of benzene rings is 1. The van der Waals surface area contributed by atoms with Crippen molar-refractivity contribution in [1.82, 2.24) is 9.78 Å². The van der Waals surface area contributed by atoms with Gasteiger partial charge in [0.15, 0.2) is 0 Å². The fourth-order valence-corrected chi connectivity index (χ4v) is 1.77. The van der Waals surface area contributed by atoms with Crippen LogP contribution in [0.2, 0.25) is 0 Å². The van der Waals surface area contributed by atoms with Gasteiger partial charge in [0.25, 0.3) is 0 Å². The monoisotopic (exact) mass is 229 g/mol. The third-order valence-electron chi connectivity index (χ3n) is 2.61. The van der Waals surface area contributed by atoms with Crippen LogP contribution in [0.3, 0.4) is 0 Å². The molecule has 2 rings (SSSR count). The highest BCUT2D eigenvalue weighted by Crippen LogP contribution is 2.20. The Bertz CT molecular complexity index is 547. The molecule has 2 aromatic rings. The normalized spacial score (nSPS) is 11.2. The predicted molar refractivity (Wildman–Crippen MR) is 68.0 cm³/mol. The first kappa shape index (κ1) is 11.4.